The van der Waals surface area contributed by atoms with Gasteiger partial charge < -0.3 is 9.67 Å². The third-order valence-electron chi connectivity index (χ3n) is 4.72. The summed E-state index contributed by atoms with van der Waals surface area (Å²) in [4.78, 5) is 16.2. The molecule has 1 N–H and O–H groups in total. The van der Waals surface area contributed by atoms with E-state index in [1.807, 2.05) is 12.1 Å². The number of rotatable bonds is 11. The number of phenols is 1. The van der Waals surface area contributed by atoms with E-state index in [4.69, 9.17) is 2.74 Å². The molecular weight excluding hydrogens is 336 g/mol. The number of carbonyl (C=O) groups excluding carboxylic acids is 1. The molecule has 0 aliphatic carbocycles. The van der Waals surface area contributed by atoms with Crippen LogP contribution >= 0.6 is 0 Å². The van der Waals surface area contributed by atoms with Crippen LogP contribution in [0.25, 0.3) is 10.9 Å². The van der Waals surface area contributed by atoms with Gasteiger partial charge in [-0.1, -0.05) is 25.3 Å². The molecule has 0 fully saturated rings. The van der Waals surface area contributed by atoms with Crippen LogP contribution in [0.15, 0.2) is 55.0 Å². The smallest absolute Gasteiger partial charge is 0.133 e. The van der Waals surface area contributed by atoms with Gasteiger partial charge in [0, 0.05) is 51.6 Å². The number of hydrogen-bond acceptors (Lipinski definition) is 3. The Hall–Kier alpha value is -2.62. The summed E-state index contributed by atoms with van der Waals surface area (Å²) in [6, 6.07) is 10.9. The van der Waals surface area contributed by atoms with Crippen molar-refractivity contribution in [3.63, 3.8) is 0 Å². The maximum atomic E-state index is 12.2. The number of carbonyl (C=O) groups is 1. The minimum Gasteiger partial charge on any atom is -0.508 e. The fourth-order valence-electron chi connectivity index (χ4n) is 3.24. The largest absolute Gasteiger partial charge is 0.508 e. The number of ketones is 1. The van der Waals surface area contributed by atoms with Crippen molar-refractivity contribution in [1.82, 2.24) is 9.55 Å². The average Bonchev–Trinajstić information content (AvgIpc) is 3.14. The second-order valence-corrected chi connectivity index (χ2v) is 6.86. The van der Waals surface area contributed by atoms with Crippen LogP contribution in [0, 0.1) is 0 Å². The molecule has 142 valence electrons. The molecule has 0 spiro atoms. The maximum Gasteiger partial charge on any atom is 0.133 e. The predicted molar refractivity (Wildman–Crippen MR) is 109 cm³/mol. The molecule has 0 radical (unpaired) electrons. The van der Waals surface area contributed by atoms with Crippen LogP contribution in [-0.4, -0.2) is 20.4 Å². The van der Waals surface area contributed by atoms with Crippen molar-refractivity contribution in [2.45, 2.75) is 57.9 Å². The van der Waals surface area contributed by atoms with Crippen molar-refractivity contribution >= 4 is 16.7 Å². The highest BCUT2D eigenvalue weighted by Gasteiger charge is 2.04. The summed E-state index contributed by atoms with van der Waals surface area (Å²) in [5.41, 5.74) is 1.75. The second-order valence-electron chi connectivity index (χ2n) is 6.86. The molecule has 0 saturated carbocycles. The van der Waals surface area contributed by atoms with Crippen molar-refractivity contribution in [1.29, 1.82) is 0 Å². The van der Waals surface area contributed by atoms with Gasteiger partial charge in [-0.3, -0.25) is 9.78 Å². The lowest BCUT2D eigenvalue weighted by Gasteiger charge is -2.06. The molecule has 0 amide bonds. The number of nitrogens with zero attached hydrogens (tertiary/aromatic N) is 2. The first-order valence-corrected chi connectivity index (χ1v) is 9.61. The Morgan fingerprint density at radius 2 is 1.96 bits per heavy atom. The molecule has 0 aliphatic rings. The number of hydrogen-bond donors (Lipinski definition) is 1. The number of benzene rings is 1. The second kappa shape index (κ2) is 9.91. The first kappa shape index (κ1) is 16.5. The van der Waals surface area contributed by atoms with Crippen LogP contribution in [0.3, 0.4) is 0 Å². The summed E-state index contributed by atoms with van der Waals surface area (Å²) in [5, 5.41) is 10.6. The summed E-state index contributed by atoms with van der Waals surface area (Å²) in [6.45, 7) is 0.938. The third-order valence-corrected chi connectivity index (χ3v) is 4.72. The van der Waals surface area contributed by atoms with Crippen molar-refractivity contribution in [2.24, 2.45) is 0 Å². The third kappa shape index (κ3) is 5.95. The Kier molecular flexibility index (Phi) is 6.07. The number of aryl methyl sites for hydroxylation is 2. The molecule has 27 heavy (non-hydrogen) atoms. The summed E-state index contributed by atoms with van der Waals surface area (Å²) in [7, 11) is 0. The molecule has 4 nitrogen and oxygen atoms in total. The number of aromatic hydroxyl groups is 1. The standard InChI is InChI=1S/C23H28N2O2/c26-21(10-9-19-7-6-14-24-18-19)8-4-2-1-3-5-15-25-16-13-20-17-22(27)11-12-23(20)25/h6-7,11-14,16-18,27H,1-5,8-10,15H2/i9D,10D/t9-,10+/m0/s1. The minimum absolute atomic E-state index is 0.157. The van der Waals surface area contributed by atoms with Crippen LogP contribution in [-0.2, 0) is 17.7 Å². The molecule has 2 atom stereocenters. The lowest BCUT2D eigenvalue weighted by molar-refractivity contribution is -0.119. The van der Waals surface area contributed by atoms with Gasteiger partial charge in [-0.2, -0.15) is 0 Å². The minimum atomic E-state index is -1.04. The van der Waals surface area contributed by atoms with Gasteiger partial charge >= 0.3 is 0 Å². The van der Waals surface area contributed by atoms with Gasteiger partial charge in [0.2, 0.25) is 0 Å². The first-order valence-electron chi connectivity index (χ1n) is 10.8. The maximum absolute atomic E-state index is 12.2. The molecule has 0 aliphatic heterocycles. The van der Waals surface area contributed by atoms with Crippen LogP contribution in [0.4, 0.5) is 0 Å². The highest BCUT2D eigenvalue weighted by Crippen LogP contribution is 2.21. The number of unbranched alkanes of at least 4 members (excludes halogenated alkanes) is 4. The number of Topliss-reactive ketones (excluding diaryl/α,β-unsaturated/α-hetero) is 1. The molecule has 0 bridgehead atoms. The van der Waals surface area contributed by atoms with Crippen molar-refractivity contribution < 1.29 is 12.6 Å². The zero-order chi connectivity index (χ0) is 20.6. The van der Waals surface area contributed by atoms with E-state index in [0.717, 1.165) is 49.6 Å². The molecule has 1 aromatic carbocycles. The van der Waals surface area contributed by atoms with Gasteiger partial charge in [-0.25, -0.2) is 0 Å². The van der Waals surface area contributed by atoms with Gasteiger partial charge in [0.1, 0.15) is 11.5 Å². The Balaban J connectivity index is 1.32. The van der Waals surface area contributed by atoms with Gasteiger partial charge in [-0.05, 0) is 55.1 Å². The van der Waals surface area contributed by atoms with Crippen molar-refractivity contribution in [3.05, 3.63) is 60.6 Å². The lowest BCUT2D eigenvalue weighted by Crippen LogP contribution is -2.00. The monoisotopic (exact) mass is 366 g/mol. The zero-order valence-electron chi connectivity index (χ0n) is 17.6. The number of fused-ring (bicyclic) bond motifs is 1. The SMILES string of the molecule is [2H][C@H](c1cccnc1)[C@@H]([2H])C(=O)CCCCCCCn1ccc2cc(O)ccc21. The Morgan fingerprint density at radius 1 is 1.11 bits per heavy atom. The predicted octanol–water partition coefficient (Wildman–Crippen LogP) is 5.28. The highest BCUT2D eigenvalue weighted by molar-refractivity contribution is 5.81. The van der Waals surface area contributed by atoms with Gasteiger partial charge in [0.15, 0.2) is 0 Å². The molecule has 2 aromatic heterocycles. The van der Waals surface area contributed by atoms with Gasteiger partial charge in [-0.15, -0.1) is 0 Å². The normalized spacial score (nSPS) is 14.5. The summed E-state index contributed by atoms with van der Waals surface area (Å²) in [6.07, 6.45) is 8.66. The van der Waals surface area contributed by atoms with E-state index in [2.05, 4.69) is 15.7 Å². The van der Waals surface area contributed by atoms with Crippen LogP contribution < -0.4 is 0 Å². The Labute approximate surface area is 163 Å². The zero-order valence-corrected chi connectivity index (χ0v) is 15.6. The first-order chi connectivity index (χ1) is 14.1. The van der Waals surface area contributed by atoms with Crippen LogP contribution in [0.5, 0.6) is 5.75 Å². The quantitative estimate of drug-likeness (QED) is 0.469. The average molecular weight is 367 g/mol. The van der Waals surface area contributed by atoms with Crippen molar-refractivity contribution in [2.75, 3.05) is 0 Å². The van der Waals surface area contributed by atoms with E-state index < -0.39 is 12.8 Å². The highest BCUT2D eigenvalue weighted by atomic mass is 16.3. The summed E-state index contributed by atoms with van der Waals surface area (Å²) < 4.78 is 18.3. The summed E-state index contributed by atoms with van der Waals surface area (Å²) in [5.74, 6) is 0.132. The molecule has 0 unspecified atom stereocenters. The Morgan fingerprint density at radius 3 is 2.81 bits per heavy atom. The molecule has 4 heteroatoms. The van der Waals surface area contributed by atoms with Crippen molar-refractivity contribution in [3.8, 4) is 5.75 Å². The topological polar surface area (TPSA) is 55.1 Å². The van der Waals surface area contributed by atoms with Gasteiger partial charge in [0.25, 0.3) is 0 Å². The fourth-order valence-corrected chi connectivity index (χ4v) is 3.24. The molecular formula is C23H28N2O2. The summed E-state index contributed by atoms with van der Waals surface area (Å²) >= 11 is 0. The van der Waals surface area contributed by atoms with Crippen LogP contribution in [0.1, 0.15) is 53.2 Å². The number of pyridine rings is 1. The van der Waals surface area contributed by atoms with Gasteiger partial charge in [0.05, 0.1) is 0 Å². The molecule has 3 aromatic rings. The lowest BCUT2D eigenvalue weighted by atomic mass is 10.0. The van der Waals surface area contributed by atoms with Crippen LogP contribution in [0.2, 0.25) is 0 Å². The van der Waals surface area contributed by atoms with E-state index in [0.29, 0.717) is 12.0 Å². The van der Waals surface area contributed by atoms with E-state index >= 15 is 0 Å². The molecule has 3 rings (SSSR count). The van der Waals surface area contributed by atoms with E-state index in [1.165, 1.54) is 0 Å². The van der Waals surface area contributed by atoms with E-state index in [1.54, 1.807) is 36.7 Å². The number of phenolic OH excluding ortho intramolecular Hbond substituents is 1. The van der Waals surface area contributed by atoms with E-state index in [-0.39, 0.29) is 11.5 Å². The number of aromatic nitrogens is 2. The fraction of sp³-hybridized carbons (Fsp3) is 0.391. The Bertz CT molecular complexity index is 927. The van der Waals surface area contributed by atoms with E-state index in [9.17, 15) is 9.90 Å². The molecule has 0 saturated heterocycles. The molecule has 2 heterocycles.